The lowest BCUT2D eigenvalue weighted by Gasteiger charge is -2.24. The van der Waals surface area contributed by atoms with E-state index in [1.165, 1.54) is 12.0 Å². The highest BCUT2D eigenvalue weighted by Crippen LogP contribution is 2.29. The van der Waals surface area contributed by atoms with Crippen LogP contribution in [0.15, 0.2) is 23.9 Å². The number of nitrogens with two attached hydrogens (primary N) is 1. The highest BCUT2D eigenvalue weighted by atomic mass is 14.5. The van der Waals surface area contributed by atoms with Crippen molar-refractivity contribution in [3.8, 4) is 0 Å². The Balaban J connectivity index is 4.97. The summed E-state index contributed by atoms with van der Waals surface area (Å²) in [5, 5.41) is 0. The third-order valence-electron chi connectivity index (χ3n) is 2.86. The summed E-state index contributed by atoms with van der Waals surface area (Å²) in [7, 11) is 0. The van der Waals surface area contributed by atoms with Gasteiger partial charge in [-0.1, -0.05) is 47.6 Å². The van der Waals surface area contributed by atoms with Crippen molar-refractivity contribution in [1.29, 1.82) is 0 Å². The molecule has 1 unspecified atom stereocenters. The third-order valence-corrected chi connectivity index (χ3v) is 2.86. The monoisotopic (exact) mass is 209 g/mol. The van der Waals surface area contributed by atoms with Crippen LogP contribution < -0.4 is 5.73 Å². The number of hydrogen-bond donors (Lipinski definition) is 1. The Morgan fingerprint density at radius 1 is 1.27 bits per heavy atom. The minimum absolute atomic E-state index is 0.179. The van der Waals surface area contributed by atoms with Crippen LogP contribution >= 0.6 is 0 Å². The van der Waals surface area contributed by atoms with Gasteiger partial charge < -0.3 is 5.73 Å². The summed E-state index contributed by atoms with van der Waals surface area (Å²) < 4.78 is 0. The first-order valence-corrected chi connectivity index (χ1v) is 5.93. The molecule has 0 aliphatic rings. The minimum atomic E-state index is 0.179. The first kappa shape index (κ1) is 14.3. The molecular formula is C14H27N. The van der Waals surface area contributed by atoms with Crippen LogP contribution in [0.5, 0.6) is 0 Å². The highest BCUT2D eigenvalue weighted by Gasteiger charge is 2.17. The van der Waals surface area contributed by atoms with E-state index >= 15 is 0 Å². The zero-order valence-corrected chi connectivity index (χ0v) is 11.2. The molecule has 0 saturated heterocycles. The average Bonchev–Trinajstić information content (AvgIpc) is 2.09. The Morgan fingerprint density at radius 3 is 2.07 bits per heavy atom. The summed E-state index contributed by atoms with van der Waals surface area (Å²) in [6.07, 6.45) is 7.25. The second-order valence-corrected chi connectivity index (χ2v) is 5.55. The minimum Gasteiger partial charge on any atom is -0.405 e. The molecule has 0 spiro atoms. The number of rotatable bonds is 4. The molecule has 0 saturated carbocycles. The van der Waals surface area contributed by atoms with Crippen LogP contribution in [0, 0.1) is 17.3 Å². The van der Waals surface area contributed by atoms with Crippen molar-refractivity contribution in [2.24, 2.45) is 23.0 Å². The molecule has 0 amide bonds. The summed E-state index contributed by atoms with van der Waals surface area (Å²) in [5.74, 6) is 1.34. The van der Waals surface area contributed by atoms with E-state index in [4.69, 9.17) is 5.73 Å². The predicted molar refractivity (Wildman–Crippen MR) is 69.5 cm³/mol. The van der Waals surface area contributed by atoms with Crippen molar-refractivity contribution in [2.45, 2.75) is 48.0 Å². The van der Waals surface area contributed by atoms with Gasteiger partial charge in [0.1, 0.15) is 0 Å². The van der Waals surface area contributed by atoms with Gasteiger partial charge in [0.25, 0.3) is 0 Å². The smallest absolute Gasteiger partial charge is 0.00595 e. The zero-order chi connectivity index (χ0) is 12.1. The second-order valence-electron chi connectivity index (χ2n) is 5.55. The SMILES string of the molecule is CCC(/C=C(\C=C/N)C(C)(C)C)C(C)C. The van der Waals surface area contributed by atoms with Gasteiger partial charge in [-0.3, -0.25) is 0 Å². The van der Waals surface area contributed by atoms with Crippen LogP contribution in [-0.2, 0) is 0 Å². The van der Waals surface area contributed by atoms with E-state index in [0.29, 0.717) is 11.8 Å². The lowest BCUT2D eigenvalue weighted by atomic mass is 9.81. The number of allylic oxidation sites excluding steroid dienone is 3. The molecule has 0 radical (unpaired) electrons. The van der Waals surface area contributed by atoms with E-state index in [2.05, 4.69) is 47.6 Å². The Kier molecular flexibility index (Phi) is 5.71. The van der Waals surface area contributed by atoms with Crippen molar-refractivity contribution in [2.75, 3.05) is 0 Å². The van der Waals surface area contributed by atoms with Gasteiger partial charge in [0, 0.05) is 0 Å². The molecule has 88 valence electrons. The van der Waals surface area contributed by atoms with Crippen LogP contribution in [0.1, 0.15) is 48.0 Å². The summed E-state index contributed by atoms with van der Waals surface area (Å²) in [4.78, 5) is 0. The molecule has 1 heteroatoms. The van der Waals surface area contributed by atoms with Crippen molar-refractivity contribution in [3.63, 3.8) is 0 Å². The van der Waals surface area contributed by atoms with E-state index in [1.54, 1.807) is 6.20 Å². The van der Waals surface area contributed by atoms with Crippen molar-refractivity contribution in [1.82, 2.24) is 0 Å². The normalized spacial score (nSPS) is 16.3. The van der Waals surface area contributed by atoms with E-state index in [0.717, 1.165) is 0 Å². The van der Waals surface area contributed by atoms with Crippen molar-refractivity contribution < 1.29 is 0 Å². The molecule has 0 rings (SSSR count). The fraction of sp³-hybridized carbons (Fsp3) is 0.714. The molecule has 0 fully saturated rings. The maximum Gasteiger partial charge on any atom is -0.00595 e. The average molecular weight is 209 g/mol. The lowest BCUT2D eigenvalue weighted by molar-refractivity contribution is 0.436. The van der Waals surface area contributed by atoms with E-state index in [9.17, 15) is 0 Å². The van der Waals surface area contributed by atoms with Crippen LogP contribution in [0.2, 0.25) is 0 Å². The molecule has 0 aromatic heterocycles. The molecule has 15 heavy (non-hydrogen) atoms. The van der Waals surface area contributed by atoms with Gasteiger partial charge in [0.05, 0.1) is 0 Å². The Bertz CT molecular complexity index is 228. The van der Waals surface area contributed by atoms with Gasteiger partial charge in [-0.05, 0) is 41.5 Å². The molecule has 0 bridgehead atoms. The van der Waals surface area contributed by atoms with E-state index in [-0.39, 0.29) is 5.41 Å². The van der Waals surface area contributed by atoms with Gasteiger partial charge in [-0.2, -0.15) is 0 Å². The fourth-order valence-electron chi connectivity index (χ4n) is 1.67. The van der Waals surface area contributed by atoms with Gasteiger partial charge in [0.15, 0.2) is 0 Å². The van der Waals surface area contributed by atoms with Crippen LogP contribution in [0.25, 0.3) is 0 Å². The first-order valence-electron chi connectivity index (χ1n) is 5.93. The summed E-state index contributed by atoms with van der Waals surface area (Å²) in [5.41, 5.74) is 7.02. The van der Waals surface area contributed by atoms with Gasteiger partial charge in [0.2, 0.25) is 0 Å². The molecule has 0 aliphatic heterocycles. The summed E-state index contributed by atoms with van der Waals surface area (Å²) >= 11 is 0. The quantitative estimate of drug-likeness (QED) is 0.693. The van der Waals surface area contributed by atoms with Gasteiger partial charge >= 0.3 is 0 Å². The molecule has 2 N–H and O–H groups in total. The van der Waals surface area contributed by atoms with Gasteiger partial charge in [-0.25, -0.2) is 0 Å². The summed E-state index contributed by atoms with van der Waals surface area (Å²) in [6.45, 7) is 13.5. The van der Waals surface area contributed by atoms with Crippen molar-refractivity contribution >= 4 is 0 Å². The van der Waals surface area contributed by atoms with E-state index < -0.39 is 0 Å². The Labute approximate surface area is 95.4 Å². The fourth-order valence-corrected chi connectivity index (χ4v) is 1.67. The maximum atomic E-state index is 5.50. The second kappa shape index (κ2) is 5.99. The molecule has 0 aromatic carbocycles. The summed E-state index contributed by atoms with van der Waals surface area (Å²) in [6, 6.07) is 0. The van der Waals surface area contributed by atoms with Crippen LogP contribution in [0.3, 0.4) is 0 Å². The standard InChI is InChI=1S/C14H27N/c1-7-12(11(2)3)10-13(8-9-15)14(4,5)6/h8-12H,7,15H2,1-6H3/b9-8-,13-10+. The highest BCUT2D eigenvalue weighted by molar-refractivity contribution is 5.25. The Morgan fingerprint density at radius 2 is 1.80 bits per heavy atom. The van der Waals surface area contributed by atoms with Gasteiger partial charge in [-0.15, -0.1) is 0 Å². The molecule has 1 atom stereocenters. The molecule has 0 heterocycles. The van der Waals surface area contributed by atoms with Crippen LogP contribution in [-0.4, -0.2) is 0 Å². The largest absolute Gasteiger partial charge is 0.405 e. The Hall–Kier alpha value is -0.720. The first-order chi connectivity index (χ1) is 6.82. The molecule has 0 aliphatic carbocycles. The third kappa shape index (κ3) is 5.06. The van der Waals surface area contributed by atoms with E-state index in [1.807, 2.05) is 6.08 Å². The van der Waals surface area contributed by atoms with Crippen LogP contribution in [0.4, 0.5) is 0 Å². The van der Waals surface area contributed by atoms with Crippen molar-refractivity contribution in [3.05, 3.63) is 23.9 Å². The molecule has 0 aromatic rings. The lowest BCUT2D eigenvalue weighted by Crippen LogP contribution is -2.12. The zero-order valence-electron chi connectivity index (χ0n) is 11.2. The maximum absolute atomic E-state index is 5.50. The predicted octanol–water partition coefficient (Wildman–Crippen LogP) is 4.11. The molecular weight excluding hydrogens is 182 g/mol. The number of hydrogen-bond acceptors (Lipinski definition) is 1. The topological polar surface area (TPSA) is 26.0 Å². The molecule has 1 nitrogen and oxygen atoms in total.